The minimum absolute atomic E-state index is 0.580. The molecule has 0 saturated heterocycles. The van der Waals surface area contributed by atoms with Crippen LogP contribution in [0, 0.1) is 18.3 Å². The first kappa shape index (κ1) is 8.03. The van der Waals surface area contributed by atoms with Crippen molar-refractivity contribution < 1.29 is 0 Å². The summed E-state index contributed by atoms with van der Waals surface area (Å²) in [6.45, 7) is 1.89. The van der Waals surface area contributed by atoms with Crippen molar-refractivity contribution in [1.29, 1.82) is 5.26 Å². The quantitative estimate of drug-likeness (QED) is 0.600. The lowest BCUT2D eigenvalue weighted by Crippen LogP contribution is -1.88. The lowest BCUT2D eigenvalue weighted by molar-refractivity contribution is 1.11. The Bertz CT molecular complexity index is 273. The van der Waals surface area contributed by atoms with E-state index >= 15 is 0 Å². The fourth-order valence-corrected chi connectivity index (χ4v) is 0.833. The molecule has 0 aliphatic heterocycles. The van der Waals surface area contributed by atoms with Crippen LogP contribution >= 0.6 is 11.6 Å². The van der Waals surface area contributed by atoms with Crippen LogP contribution in [0.5, 0.6) is 0 Å². The third-order valence-electron chi connectivity index (χ3n) is 1.34. The number of aryl methyl sites for hydroxylation is 1. The topological polar surface area (TPSA) is 36.7 Å². The van der Waals surface area contributed by atoms with Gasteiger partial charge in [-0.15, -0.1) is 11.6 Å². The molecular formula is C8H7ClN2. The van der Waals surface area contributed by atoms with E-state index in [0.29, 0.717) is 0 Å². The van der Waals surface area contributed by atoms with Gasteiger partial charge in [0.1, 0.15) is 5.38 Å². The van der Waals surface area contributed by atoms with E-state index in [0.717, 1.165) is 11.3 Å². The number of nitriles is 1. The average molecular weight is 167 g/mol. The van der Waals surface area contributed by atoms with Crippen molar-refractivity contribution >= 4 is 11.6 Å². The largest absolute Gasteiger partial charge is 0.261 e. The van der Waals surface area contributed by atoms with Crippen molar-refractivity contribution in [2.75, 3.05) is 0 Å². The summed E-state index contributed by atoms with van der Waals surface area (Å²) in [4.78, 5) is 4.01. The minimum Gasteiger partial charge on any atom is -0.261 e. The van der Waals surface area contributed by atoms with Crippen LogP contribution in [0.15, 0.2) is 18.3 Å². The van der Waals surface area contributed by atoms with E-state index in [1.807, 2.05) is 25.1 Å². The number of rotatable bonds is 1. The lowest BCUT2D eigenvalue weighted by atomic mass is 10.2. The monoisotopic (exact) mass is 166 g/mol. The molecule has 0 aromatic carbocycles. The molecule has 0 amide bonds. The first-order valence-corrected chi connectivity index (χ1v) is 3.64. The molecule has 0 bridgehead atoms. The Labute approximate surface area is 70.4 Å². The van der Waals surface area contributed by atoms with Gasteiger partial charge in [0.05, 0.1) is 6.07 Å². The van der Waals surface area contributed by atoms with Gasteiger partial charge in [-0.2, -0.15) is 5.26 Å². The predicted octanol–water partition coefficient (Wildman–Crippen LogP) is 2.19. The molecule has 0 fully saturated rings. The van der Waals surface area contributed by atoms with Crippen molar-refractivity contribution in [3.63, 3.8) is 0 Å². The van der Waals surface area contributed by atoms with Gasteiger partial charge < -0.3 is 0 Å². The highest BCUT2D eigenvalue weighted by Crippen LogP contribution is 2.17. The Morgan fingerprint density at radius 3 is 2.82 bits per heavy atom. The molecular weight excluding hydrogens is 160 g/mol. The smallest absolute Gasteiger partial charge is 0.147 e. The Morgan fingerprint density at radius 2 is 2.36 bits per heavy atom. The van der Waals surface area contributed by atoms with Crippen molar-refractivity contribution in [2.24, 2.45) is 0 Å². The second kappa shape index (κ2) is 3.36. The van der Waals surface area contributed by atoms with Gasteiger partial charge in [0.2, 0.25) is 0 Å². The van der Waals surface area contributed by atoms with Gasteiger partial charge in [-0.3, -0.25) is 4.98 Å². The van der Waals surface area contributed by atoms with E-state index in [9.17, 15) is 0 Å². The summed E-state index contributed by atoms with van der Waals surface area (Å²) < 4.78 is 0. The van der Waals surface area contributed by atoms with Gasteiger partial charge in [-0.25, -0.2) is 0 Å². The van der Waals surface area contributed by atoms with Crippen LogP contribution in [0.3, 0.4) is 0 Å². The van der Waals surface area contributed by atoms with E-state index in [-0.39, 0.29) is 0 Å². The number of nitrogens with zero attached hydrogens (tertiary/aromatic N) is 2. The summed E-state index contributed by atoms with van der Waals surface area (Å²) in [5.41, 5.74) is 1.68. The molecule has 1 aromatic rings. The van der Waals surface area contributed by atoms with Gasteiger partial charge >= 0.3 is 0 Å². The molecule has 2 nitrogen and oxygen atoms in total. The highest BCUT2D eigenvalue weighted by molar-refractivity contribution is 6.22. The summed E-state index contributed by atoms with van der Waals surface area (Å²) in [5, 5.41) is 7.87. The number of aromatic nitrogens is 1. The molecule has 0 spiro atoms. The van der Waals surface area contributed by atoms with Crippen LogP contribution in [0.25, 0.3) is 0 Å². The van der Waals surface area contributed by atoms with Crippen molar-refractivity contribution in [2.45, 2.75) is 12.3 Å². The molecule has 11 heavy (non-hydrogen) atoms. The summed E-state index contributed by atoms with van der Waals surface area (Å²) in [7, 11) is 0. The number of alkyl halides is 1. The Balaban J connectivity index is 2.92. The van der Waals surface area contributed by atoms with Crippen molar-refractivity contribution in [3.8, 4) is 6.07 Å². The van der Waals surface area contributed by atoms with E-state index < -0.39 is 5.38 Å². The lowest BCUT2D eigenvalue weighted by Gasteiger charge is -1.98. The number of halogens is 1. The summed E-state index contributed by atoms with van der Waals surface area (Å²) in [6.07, 6.45) is 1.62. The van der Waals surface area contributed by atoms with Crippen molar-refractivity contribution in [1.82, 2.24) is 4.98 Å². The third-order valence-corrected chi connectivity index (χ3v) is 1.69. The second-order valence-corrected chi connectivity index (χ2v) is 2.66. The fraction of sp³-hybridized carbons (Fsp3) is 0.250. The molecule has 0 aliphatic rings. The molecule has 0 N–H and O–H groups in total. The molecule has 3 heteroatoms. The zero-order chi connectivity index (χ0) is 8.27. The fourth-order valence-electron chi connectivity index (χ4n) is 0.704. The predicted molar refractivity (Wildman–Crippen MR) is 43.2 cm³/mol. The molecule has 1 unspecified atom stereocenters. The Hall–Kier alpha value is -1.07. The van der Waals surface area contributed by atoms with Gasteiger partial charge in [-0.1, -0.05) is 6.07 Å². The van der Waals surface area contributed by atoms with Crippen LogP contribution in [-0.2, 0) is 0 Å². The molecule has 1 heterocycles. The highest BCUT2D eigenvalue weighted by Gasteiger charge is 2.04. The van der Waals surface area contributed by atoms with Crippen LogP contribution in [0.4, 0.5) is 0 Å². The molecule has 0 radical (unpaired) electrons. The van der Waals surface area contributed by atoms with Crippen LogP contribution in [-0.4, -0.2) is 4.98 Å². The number of hydrogen-bond acceptors (Lipinski definition) is 2. The first-order valence-electron chi connectivity index (χ1n) is 3.20. The van der Waals surface area contributed by atoms with E-state index in [1.165, 1.54) is 0 Å². The second-order valence-electron chi connectivity index (χ2n) is 2.22. The third kappa shape index (κ3) is 1.92. The first-order chi connectivity index (χ1) is 5.24. The standard InChI is InChI=1S/C8H7ClN2/c1-6-2-3-7(5-11-6)8(9)4-10/h2-3,5,8H,1H3. The molecule has 1 atom stereocenters. The maximum atomic E-state index is 8.45. The van der Waals surface area contributed by atoms with Crippen LogP contribution in [0.1, 0.15) is 16.6 Å². The zero-order valence-electron chi connectivity index (χ0n) is 6.08. The number of pyridine rings is 1. The Morgan fingerprint density at radius 1 is 1.64 bits per heavy atom. The molecule has 1 aromatic heterocycles. The van der Waals surface area contributed by atoms with Crippen molar-refractivity contribution in [3.05, 3.63) is 29.6 Å². The molecule has 0 saturated carbocycles. The van der Waals surface area contributed by atoms with Gasteiger partial charge in [0.25, 0.3) is 0 Å². The van der Waals surface area contributed by atoms with Crippen LogP contribution < -0.4 is 0 Å². The molecule has 56 valence electrons. The number of hydrogen-bond donors (Lipinski definition) is 0. The van der Waals surface area contributed by atoms with Gasteiger partial charge in [0, 0.05) is 17.5 Å². The maximum absolute atomic E-state index is 8.45. The van der Waals surface area contributed by atoms with Gasteiger partial charge in [0.15, 0.2) is 0 Å². The highest BCUT2D eigenvalue weighted by atomic mass is 35.5. The molecule has 1 rings (SSSR count). The van der Waals surface area contributed by atoms with Crippen LogP contribution in [0.2, 0.25) is 0 Å². The summed E-state index contributed by atoms with van der Waals surface area (Å²) >= 11 is 5.64. The van der Waals surface area contributed by atoms with E-state index in [4.69, 9.17) is 16.9 Å². The maximum Gasteiger partial charge on any atom is 0.147 e. The normalized spacial score (nSPS) is 12.1. The summed E-state index contributed by atoms with van der Waals surface area (Å²) in [6, 6.07) is 5.57. The molecule has 0 aliphatic carbocycles. The Kier molecular flexibility index (Phi) is 2.45. The van der Waals surface area contributed by atoms with Gasteiger partial charge in [-0.05, 0) is 13.0 Å². The van der Waals surface area contributed by atoms with E-state index in [2.05, 4.69) is 4.98 Å². The summed E-state index contributed by atoms with van der Waals surface area (Å²) in [5.74, 6) is 0. The van der Waals surface area contributed by atoms with E-state index in [1.54, 1.807) is 6.20 Å². The minimum atomic E-state index is -0.580. The SMILES string of the molecule is Cc1ccc(C(Cl)C#N)cn1. The average Bonchev–Trinajstić information content (AvgIpc) is 2.05. The zero-order valence-corrected chi connectivity index (χ0v) is 6.84.